The Morgan fingerprint density at radius 1 is 1.40 bits per heavy atom. The predicted octanol–water partition coefficient (Wildman–Crippen LogP) is 2.78. The second kappa shape index (κ2) is 5.55. The number of hydrogen-bond donors (Lipinski definition) is 2. The lowest BCUT2D eigenvalue weighted by molar-refractivity contribution is 0.245. The van der Waals surface area contributed by atoms with Crippen molar-refractivity contribution in [1.82, 2.24) is 0 Å². The van der Waals surface area contributed by atoms with Crippen molar-refractivity contribution in [3.05, 3.63) is 46.1 Å². The normalized spacial score (nSPS) is 11.6. The molecule has 2 aromatic rings. The Hall–Kier alpha value is -1.38. The molecule has 0 aliphatic rings. The molecule has 0 amide bonds. The number of aryl methyl sites for hydroxylation is 1. The number of nitrogens with one attached hydrogen (secondary N) is 1. The summed E-state index contributed by atoms with van der Waals surface area (Å²) in [7, 11) is -3.99. The van der Waals surface area contributed by atoms with Crippen LogP contribution in [0.1, 0.15) is 11.5 Å². The molecule has 1 aromatic carbocycles. The maximum atomic E-state index is 13.6. The first-order valence-electron chi connectivity index (χ1n) is 5.51. The van der Waals surface area contributed by atoms with Crippen LogP contribution in [0, 0.1) is 12.7 Å². The fourth-order valence-corrected chi connectivity index (χ4v) is 3.27. The number of furan rings is 1. The van der Waals surface area contributed by atoms with E-state index in [1.165, 1.54) is 25.1 Å². The van der Waals surface area contributed by atoms with E-state index in [4.69, 9.17) is 9.52 Å². The molecule has 0 spiro atoms. The van der Waals surface area contributed by atoms with E-state index in [2.05, 4.69) is 20.7 Å². The highest BCUT2D eigenvalue weighted by Crippen LogP contribution is 2.26. The van der Waals surface area contributed by atoms with E-state index >= 15 is 0 Å². The molecule has 0 bridgehead atoms. The van der Waals surface area contributed by atoms with Crippen molar-refractivity contribution < 1.29 is 22.3 Å². The van der Waals surface area contributed by atoms with Gasteiger partial charge in [-0.1, -0.05) is 15.9 Å². The summed E-state index contributed by atoms with van der Waals surface area (Å²) in [5.41, 5.74) is -0.175. The van der Waals surface area contributed by atoms with Crippen LogP contribution in [-0.2, 0) is 16.6 Å². The van der Waals surface area contributed by atoms with Gasteiger partial charge in [0.25, 0.3) is 10.0 Å². The van der Waals surface area contributed by atoms with Gasteiger partial charge in [0.05, 0.1) is 5.69 Å². The molecule has 0 unspecified atom stereocenters. The average molecular weight is 364 g/mol. The van der Waals surface area contributed by atoms with Gasteiger partial charge in [-0.3, -0.25) is 4.72 Å². The topological polar surface area (TPSA) is 79.5 Å². The average Bonchev–Trinajstić information content (AvgIpc) is 2.76. The SMILES string of the molecule is Cc1oc(CO)cc1S(=O)(=O)Nc1cc(Br)ccc1F. The molecule has 1 aromatic heterocycles. The van der Waals surface area contributed by atoms with Crippen LogP contribution in [0.3, 0.4) is 0 Å². The molecule has 0 aliphatic heterocycles. The van der Waals surface area contributed by atoms with E-state index < -0.39 is 22.4 Å². The van der Waals surface area contributed by atoms with E-state index in [-0.39, 0.29) is 22.1 Å². The lowest BCUT2D eigenvalue weighted by Crippen LogP contribution is -2.14. The molecule has 0 saturated heterocycles. The predicted molar refractivity (Wildman–Crippen MR) is 74.3 cm³/mol. The van der Waals surface area contributed by atoms with Gasteiger partial charge in [0.2, 0.25) is 0 Å². The second-order valence-electron chi connectivity index (χ2n) is 4.02. The van der Waals surface area contributed by atoms with Gasteiger partial charge in [0.1, 0.15) is 28.8 Å². The summed E-state index contributed by atoms with van der Waals surface area (Å²) in [5.74, 6) is -0.449. The van der Waals surface area contributed by atoms with Crippen LogP contribution in [0.5, 0.6) is 0 Å². The zero-order chi connectivity index (χ0) is 14.9. The molecule has 5 nitrogen and oxygen atoms in total. The van der Waals surface area contributed by atoms with Crippen molar-refractivity contribution in [3.8, 4) is 0 Å². The summed E-state index contributed by atoms with van der Waals surface area (Å²) in [6.45, 7) is 1.03. The lowest BCUT2D eigenvalue weighted by Gasteiger charge is -2.08. The molecule has 0 radical (unpaired) electrons. The van der Waals surface area contributed by atoms with Gasteiger partial charge in [0.15, 0.2) is 0 Å². The van der Waals surface area contributed by atoms with E-state index in [1.54, 1.807) is 0 Å². The summed E-state index contributed by atoms with van der Waals surface area (Å²) >= 11 is 3.14. The molecule has 0 atom stereocenters. The number of rotatable bonds is 4. The van der Waals surface area contributed by atoms with Crippen LogP contribution in [0.2, 0.25) is 0 Å². The van der Waals surface area contributed by atoms with Crippen LogP contribution in [-0.4, -0.2) is 13.5 Å². The fourth-order valence-electron chi connectivity index (χ4n) is 1.64. The number of aliphatic hydroxyl groups is 1. The van der Waals surface area contributed by atoms with Crippen molar-refractivity contribution >= 4 is 31.6 Å². The first-order valence-corrected chi connectivity index (χ1v) is 7.79. The van der Waals surface area contributed by atoms with Crippen molar-refractivity contribution in [3.63, 3.8) is 0 Å². The zero-order valence-corrected chi connectivity index (χ0v) is 12.8. The molecule has 108 valence electrons. The number of sulfonamides is 1. The van der Waals surface area contributed by atoms with E-state index in [0.29, 0.717) is 4.47 Å². The molecule has 2 N–H and O–H groups in total. The minimum Gasteiger partial charge on any atom is -0.462 e. The van der Waals surface area contributed by atoms with Crippen molar-refractivity contribution in [2.24, 2.45) is 0 Å². The standard InChI is InChI=1S/C12H11BrFNO4S/c1-7-12(5-9(6-16)19-7)20(17,18)15-11-4-8(13)2-3-10(11)14/h2-5,15-16H,6H2,1H3. The highest BCUT2D eigenvalue weighted by molar-refractivity contribution is 9.10. The van der Waals surface area contributed by atoms with Crippen molar-refractivity contribution in [2.45, 2.75) is 18.4 Å². The minimum atomic E-state index is -3.99. The van der Waals surface area contributed by atoms with Crippen molar-refractivity contribution in [2.75, 3.05) is 4.72 Å². The Morgan fingerprint density at radius 2 is 2.10 bits per heavy atom. The van der Waals surface area contributed by atoms with Gasteiger partial charge in [0, 0.05) is 10.5 Å². The summed E-state index contributed by atoms with van der Waals surface area (Å²) < 4.78 is 45.7. The summed E-state index contributed by atoms with van der Waals surface area (Å²) in [4.78, 5) is -0.138. The molecule has 0 aliphatic carbocycles. The quantitative estimate of drug-likeness (QED) is 0.875. The van der Waals surface area contributed by atoms with Gasteiger partial charge in [-0.05, 0) is 25.1 Å². The van der Waals surface area contributed by atoms with E-state index in [1.807, 2.05) is 0 Å². The highest BCUT2D eigenvalue weighted by atomic mass is 79.9. The fraction of sp³-hybridized carbons (Fsp3) is 0.167. The number of hydrogen-bond acceptors (Lipinski definition) is 4. The number of halogens is 2. The molecule has 0 fully saturated rings. The van der Waals surface area contributed by atoms with E-state index in [0.717, 1.165) is 6.07 Å². The van der Waals surface area contributed by atoms with Crippen LogP contribution in [0.25, 0.3) is 0 Å². The van der Waals surface area contributed by atoms with Crippen molar-refractivity contribution in [1.29, 1.82) is 0 Å². The van der Waals surface area contributed by atoms with Crippen LogP contribution in [0.4, 0.5) is 10.1 Å². The Balaban J connectivity index is 2.40. The molecule has 2 rings (SSSR count). The third-order valence-electron chi connectivity index (χ3n) is 2.54. The molecular weight excluding hydrogens is 353 g/mol. The Labute approximate surface area is 123 Å². The first kappa shape index (κ1) is 15.0. The summed E-state index contributed by atoms with van der Waals surface area (Å²) in [6.07, 6.45) is 0. The summed E-state index contributed by atoms with van der Waals surface area (Å²) in [6, 6.07) is 5.12. The maximum absolute atomic E-state index is 13.6. The third kappa shape index (κ3) is 3.02. The molecule has 0 saturated carbocycles. The van der Waals surface area contributed by atoms with Crippen LogP contribution < -0.4 is 4.72 Å². The van der Waals surface area contributed by atoms with Crippen LogP contribution >= 0.6 is 15.9 Å². The van der Waals surface area contributed by atoms with Gasteiger partial charge in [-0.2, -0.15) is 0 Å². The lowest BCUT2D eigenvalue weighted by atomic mass is 10.3. The molecule has 8 heteroatoms. The van der Waals surface area contributed by atoms with E-state index in [9.17, 15) is 12.8 Å². The molecule has 20 heavy (non-hydrogen) atoms. The van der Waals surface area contributed by atoms with Gasteiger partial charge < -0.3 is 9.52 Å². The number of aliphatic hydroxyl groups excluding tert-OH is 1. The smallest absolute Gasteiger partial charge is 0.265 e. The third-order valence-corrected chi connectivity index (χ3v) is 4.51. The van der Waals surface area contributed by atoms with Gasteiger partial charge in [-0.15, -0.1) is 0 Å². The van der Waals surface area contributed by atoms with Crippen LogP contribution in [0.15, 0.2) is 38.1 Å². The Kier molecular flexibility index (Phi) is 4.17. The largest absolute Gasteiger partial charge is 0.462 e. The number of benzene rings is 1. The summed E-state index contributed by atoms with van der Waals surface area (Å²) in [5, 5.41) is 8.94. The molecular formula is C12H11BrFNO4S. The second-order valence-corrected chi connectivity index (χ2v) is 6.59. The molecule has 1 heterocycles. The van der Waals surface area contributed by atoms with Gasteiger partial charge >= 0.3 is 0 Å². The Bertz CT molecular complexity index is 742. The highest BCUT2D eigenvalue weighted by Gasteiger charge is 2.22. The monoisotopic (exact) mass is 363 g/mol. The maximum Gasteiger partial charge on any atom is 0.265 e. The van der Waals surface area contributed by atoms with Gasteiger partial charge in [-0.25, -0.2) is 12.8 Å². The first-order chi connectivity index (χ1) is 9.33. The Morgan fingerprint density at radius 3 is 2.70 bits per heavy atom. The minimum absolute atomic E-state index is 0.122. The number of anilines is 1. The zero-order valence-electron chi connectivity index (χ0n) is 10.4.